The third kappa shape index (κ3) is 4.38. The zero-order valence-electron chi connectivity index (χ0n) is 11.4. The van der Waals surface area contributed by atoms with Crippen LogP contribution in [0.1, 0.15) is 11.6 Å². The number of hydrogen-bond acceptors (Lipinski definition) is 4. The Kier molecular flexibility index (Phi) is 6.08. The summed E-state index contributed by atoms with van der Waals surface area (Å²) in [6, 6.07) is 4.57. The molecule has 1 unspecified atom stereocenters. The van der Waals surface area contributed by atoms with Crippen molar-refractivity contribution in [3.05, 3.63) is 28.8 Å². The van der Waals surface area contributed by atoms with Gasteiger partial charge in [0.25, 0.3) is 0 Å². The minimum atomic E-state index is -0.663. The molecule has 0 aliphatic heterocycles. The third-order valence-corrected chi connectivity index (χ3v) is 3.04. The number of amides is 1. The average Bonchev–Trinajstić information content (AvgIpc) is 2.34. The first-order valence-electron chi connectivity index (χ1n) is 5.97. The van der Waals surface area contributed by atoms with Gasteiger partial charge in [-0.1, -0.05) is 17.7 Å². The Bertz CT molecular complexity index is 438. The Hall–Kier alpha value is -1.30. The van der Waals surface area contributed by atoms with Crippen LogP contribution in [-0.2, 0) is 4.79 Å². The highest BCUT2D eigenvalue weighted by Crippen LogP contribution is 2.31. The van der Waals surface area contributed by atoms with Gasteiger partial charge in [0.1, 0.15) is 11.8 Å². The molecule has 0 radical (unpaired) electrons. The molecule has 106 valence electrons. The first kappa shape index (κ1) is 15.8. The zero-order chi connectivity index (χ0) is 14.4. The first-order chi connectivity index (χ1) is 8.97. The SMILES string of the molecule is COc1cccc(Cl)c1C(NCCN(C)C)C(N)=O. The van der Waals surface area contributed by atoms with E-state index in [4.69, 9.17) is 22.1 Å². The van der Waals surface area contributed by atoms with E-state index in [2.05, 4.69) is 5.32 Å². The van der Waals surface area contributed by atoms with Crippen LogP contribution in [0.2, 0.25) is 5.02 Å². The minimum absolute atomic E-state index is 0.459. The molecule has 0 bridgehead atoms. The number of rotatable bonds is 7. The van der Waals surface area contributed by atoms with E-state index in [0.29, 0.717) is 22.9 Å². The van der Waals surface area contributed by atoms with Crippen LogP contribution in [0.5, 0.6) is 5.75 Å². The number of nitrogens with one attached hydrogen (secondary N) is 1. The average molecular weight is 286 g/mol. The van der Waals surface area contributed by atoms with Gasteiger partial charge in [-0.15, -0.1) is 0 Å². The molecule has 0 spiro atoms. The van der Waals surface area contributed by atoms with Gasteiger partial charge >= 0.3 is 0 Å². The number of nitrogens with two attached hydrogens (primary N) is 1. The number of methoxy groups -OCH3 is 1. The molecule has 0 heterocycles. The maximum absolute atomic E-state index is 11.6. The second-order valence-corrected chi connectivity index (χ2v) is 4.86. The Morgan fingerprint density at radius 1 is 1.53 bits per heavy atom. The topological polar surface area (TPSA) is 67.6 Å². The van der Waals surface area contributed by atoms with Crippen molar-refractivity contribution in [2.75, 3.05) is 34.3 Å². The summed E-state index contributed by atoms with van der Waals surface area (Å²) < 4.78 is 5.24. The molecule has 0 aromatic heterocycles. The van der Waals surface area contributed by atoms with Crippen LogP contribution < -0.4 is 15.8 Å². The van der Waals surface area contributed by atoms with Crippen molar-refractivity contribution >= 4 is 17.5 Å². The summed E-state index contributed by atoms with van der Waals surface area (Å²) in [5.41, 5.74) is 6.03. The number of carbonyl (C=O) groups excluding carboxylic acids is 1. The van der Waals surface area contributed by atoms with Crippen molar-refractivity contribution in [1.82, 2.24) is 10.2 Å². The van der Waals surface area contributed by atoms with Crippen molar-refractivity contribution in [3.63, 3.8) is 0 Å². The number of hydrogen-bond donors (Lipinski definition) is 2. The van der Waals surface area contributed by atoms with Gasteiger partial charge < -0.3 is 20.7 Å². The summed E-state index contributed by atoms with van der Waals surface area (Å²) in [4.78, 5) is 13.6. The lowest BCUT2D eigenvalue weighted by Gasteiger charge is -2.20. The van der Waals surface area contributed by atoms with Gasteiger partial charge in [0, 0.05) is 23.7 Å². The first-order valence-corrected chi connectivity index (χ1v) is 6.35. The quantitative estimate of drug-likeness (QED) is 0.785. The fourth-order valence-electron chi connectivity index (χ4n) is 1.75. The van der Waals surface area contributed by atoms with E-state index in [1.165, 1.54) is 7.11 Å². The summed E-state index contributed by atoms with van der Waals surface area (Å²) >= 11 is 6.15. The maximum Gasteiger partial charge on any atom is 0.239 e. The number of primary amides is 1. The van der Waals surface area contributed by atoms with Crippen molar-refractivity contribution in [2.24, 2.45) is 5.73 Å². The molecule has 3 N–H and O–H groups in total. The molecule has 1 aromatic carbocycles. The summed E-state index contributed by atoms with van der Waals surface area (Å²) in [6.07, 6.45) is 0. The Morgan fingerprint density at radius 2 is 2.21 bits per heavy atom. The van der Waals surface area contributed by atoms with Crippen LogP contribution in [0.3, 0.4) is 0 Å². The highest BCUT2D eigenvalue weighted by molar-refractivity contribution is 6.31. The molecular weight excluding hydrogens is 266 g/mol. The largest absolute Gasteiger partial charge is 0.496 e. The molecule has 0 aliphatic rings. The van der Waals surface area contributed by atoms with Crippen LogP contribution in [0, 0.1) is 0 Å². The highest BCUT2D eigenvalue weighted by Gasteiger charge is 2.23. The predicted molar refractivity (Wildman–Crippen MR) is 76.5 cm³/mol. The molecule has 0 fully saturated rings. The number of halogens is 1. The Balaban J connectivity index is 2.96. The second kappa shape index (κ2) is 7.33. The number of benzene rings is 1. The lowest BCUT2D eigenvalue weighted by molar-refractivity contribution is -0.120. The molecule has 1 amide bonds. The van der Waals surface area contributed by atoms with Gasteiger partial charge in [0.15, 0.2) is 0 Å². The normalized spacial score (nSPS) is 12.5. The fourth-order valence-corrected chi connectivity index (χ4v) is 2.03. The van der Waals surface area contributed by atoms with Gasteiger partial charge in [0.2, 0.25) is 5.91 Å². The van der Waals surface area contributed by atoms with Crippen LogP contribution in [0.4, 0.5) is 0 Å². The molecule has 1 atom stereocenters. The molecule has 0 saturated carbocycles. The number of nitrogens with zero attached hydrogens (tertiary/aromatic N) is 1. The predicted octanol–water partition coefficient (Wildman–Crippen LogP) is 1.03. The Labute approximate surface area is 118 Å². The third-order valence-electron chi connectivity index (χ3n) is 2.71. The van der Waals surface area contributed by atoms with E-state index >= 15 is 0 Å². The van der Waals surface area contributed by atoms with Gasteiger partial charge in [-0.25, -0.2) is 0 Å². The van der Waals surface area contributed by atoms with Gasteiger partial charge in [-0.3, -0.25) is 4.79 Å². The van der Waals surface area contributed by atoms with E-state index in [9.17, 15) is 4.79 Å². The number of likely N-dealkylation sites (N-methyl/N-ethyl adjacent to an activating group) is 1. The van der Waals surface area contributed by atoms with E-state index < -0.39 is 11.9 Å². The summed E-state index contributed by atoms with van der Waals surface area (Å²) in [6.45, 7) is 1.41. The van der Waals surface area contributed by atoms with E-state index in [1.807, 2.05) is 19.0 Å². The van der Waals surface area contributed by atoms with Crippen molar-refractivity contribution in [1.29, 1.82) is 0 Å². The molecule has 19 heavy (non-hydrogen) atoms. The smallest absolute Gasteiger partial charge is 0.239 e. The van der Waals surface area contributed by atoms with Crippen LogP contribution in [0.15, 0.2) is 18.2 Å². The summed E-state index contributed by atoms with van der Waals surface area (Å²) in [5, 5.41) is 3.56. The molecule has 0 aliphatic carbocycles. The monoisotopic (exact) mass is 285 g/mol. The van der Waals surface area contributed by atoms with Crippen molar-refractivity contribution in [3.8, 4) is 5.75 Å². The molecular formula is C13H20ClN3O2. The molecule has 1 rings (SSSR count). The highest BCUT2D eigenvalue weighted by atomic mass is 35.5. The lowest BCUT2D eigenvalue weighted by Crippen LogP contribution is -2.37. The second-order valence-electron chi connectivity index (χ2n) is 4.45. The lowest BCUT2D eigenvalue weighted by atomic mass is 10.0. The van der Waals surface area contributed by atoms with Crippen LogP contribution in [0.25, 0.3) is 0 Å². The van der Waals surface area contributed by atoms with Crippen LogP contribution in [-0.4, -0.2) is 45.1 Å². The molecule has 5 nitrogen and oxygen atoms in total. The molecule has 1 aromatic rings. The summed E-state index contributed by atoms with van der Waals surface area (Å²) in [5.74, 6) is 0.0683. The summed E-state index contributed by atoms with van der Waals surface area (Å²) in [7, 11) is 5.45. The van der Waals surface area contributed by atoms with Crippen LogP contribution >= 0.6 is 11.6 Å². The van der Waals surface area contributed by atoms with Gasteiger partial charge in [-0.05, 0) is 26.2 Å². The zero-order valence-corrected chi connectivity index (χ0v) is 12.2. The molecule has 6 heteroatoms. The fraction of sp³-hybridized carbons (Fsp3) is 0.462. The van der Waals surface area contributed by atoms with Gasteiger partial charge in [0.05, 0.1) is 7.11 Å². The minimum Gasteiger partial charge on any atom is -0.496 e. The van der Waals surface area contributed by atoms with E-state index in [1.54, 1.807) is 18.2 Å². The number of carbonyl (C=O) groups is 1. The van der Waals surface area contributed by atoms with E-state index in [0.717, 1.165) is 6.54 Å². The molecule has 0 saturated heterocycles. The van der Waals surface area contributed by atoms with Gasteiger partial charge in [-0.2, -0.15) is 0 Å². The van der Waals surface area contributed by atoms with E-state index in [-0.39, 0.29) is 0 Å². The Morgan fingerprint density at radius 3 is 2.74 bits per heavy atom. The van der Waals surface area contributed by atoms with Crippen molar-refractivity contribution in [2.45, 2.75) is 6.04 Å². The van der Waals surface area contributed by atoms with Crippen molar-refractivity contribution < 1.29 is 9.53 Å². The maximum atomic E-state index is 11.6. The number of ether oxygens (including phenoxy) is 1. The standard InChI is InChI=1S/C13H20ClN3O2/c1-17(2)8-7-16-12(13(15)18)11-9(14)5-4-6-10(11)19-3/h4-6,12,16H,7-8H2,1-3H3,(H2,15,18).